The van der Waals surface area contributed by atoms with Crippen molar-refractivity contribution in [1.29, 1.82) is 0 Å². The molecule has 1 unspecified atom stereocenters. The van der Waals surface area contributed by atoms with Crippen molar-refractivity contribution in [1.82, 2.24) is 14.8 Å². The molecule has 4 rings (SSSR count). The molecule has 0 radical (unpaired) electrons. The Hall–Kier alpha value is -2.78. The van der Waals surface area contributed by atoms with Gasteiger partial charge >= 0.3 is 0 Å². The lowest BCUT2D eigenvalue weighted by atomic mass is 10.1. The molecule has 1 aromatic heterocycles. The summed E-state index contributed by atoms with van der Waals surface area (Å²) in [5, 5.41) is 9.07. The first-order valence-electron chi connectivity index (χ1n) is 9.85. The Morgan fingerprint density at radius 1 is 1.23 bits per heavy atom. The second kappa shape index (κ2) is 9.57. The molecule has 2 aromatic carbocycles. The fraction of sp³-hybridized carbons (Fsp3) is 0.318. The normalized spacial score (nSPS) is 15.9. The average molecular weight is 445 g/mol. The van der Waals surface area contributed by atoms with Gasteiger partial charge in [-0.05, 0) is 55.3 Å². The topological polar surface area (TPSA) is 66.2 Å². The van der Waals surface area contributed by atoms with Gasteiger partial charge in [-0.1, -0.05) is 11.8 Å². The highest BCUT2D eigenvalue weighted by atomic mass is 32.2. The summed E-state index contributed by atoms with van der Waals surface area (Å²) in [7, 11) is 1.37. The van der Waals surface area contributed by atoms with E-state index in [4.69, 9.17) is 9.47 Å². The van der Waals surface area contributed by atoms with Crippen LogP contribution in [0.1, 0.15) is 23.2 Å². The van der Waals surface area contributed by atoms with Crippen LogP contribution in [0.4, 0.5) is 8.78 Å². The molecule has 2 heterocycles. The monoisotopic (exact) mass is 445 g/mol. The van der Waals surface area contributed by atoms with E-state index in [2.05, 4.69) is 10.2 Å². The third kappa shape index (κ3) is 4.94. The molecular weight excluding hydrogens is 424 g/mol. The number of carbonyl (C=O) groups is 1. The van der Waals surface area contributed by atoms with Crippen LogP contribution in [-0.2, 0) is 11.3 Å². The van der Waals surface area contributed by atoms with Crippen molar-refractivity contribution in [2.24, 2.45) is 0 Å². The van der Waals surface area contributed by atoms with E-state index in [1.165, 1.54) is 49.2 Å². The van der Waals surface area contributed by atoms with Gasteiger partial charge in [-0.2, -0.15) is 0 Å². The molecule has 0 aliphatic carbocycles. The molecule has 0 bridgehead atoms. The number of hydrogen-bond donors (Lipinski definition) is 0. The number of Topliss-reactive ketones (excluding diaryl/α,β-unsaturated/α-hetero) is 1. The second-order valence-electron chi connectivity index (χ2n) is 7.12. The highest BCUT2D eigenvalue weighted by molar-refractivity contribution is 7.99. The summed E-state index contributed by atoms with van der Waals surface area (Å²) in [5.74, 6) is -0.412. The smallest absolute Gasteiger partial charge is 0.192 e. The van der Waals surface area contributed by atoms with Crippen molar-refractivity contribution in [2.45, 2.75) is 30.6 Å². The number of rotatable bonds is 8. The summed E-state index contributed by atoms with van der Waals surface area (Å²) in [5.41, 5.74) is 0.983. The van der Waals surface area contributed by atoms with Gasteiger partial charge in [-0.25, -0.2) is 8.78 Å². The van der Waals surface area contributed by atoms with Crippen LogP contribution < -0.4 is 4.74 Å². The third-order valence-electron chi connectivity index (χ3n) is 5.04. The standard InChI is InChI=1S/C22H21F2N3O3S/c1-29-20-9-6-15(11-18(20)24)19(28)13-31-22-26-25-21(14-4-7-16(23)8-5-14)27(22)12-17-3-2-10-30-17/h4-9,11,17H,2-3,10,12-13H2,1H3. The van der Waals surface area contributed by atoms with E-state index in [1.54, 1.807) is 12.1 Å². The van der Waals surface area contributed by atoms with Crippen molar-refractivity contribution in [3.05, 3.63) is 59.7 Å². The minimum Gasteiger partial charge on any atom is -0.494 e. The van der Waals surface area contributed by atoms with Crippen molar-refractivity contribution in [3.63, 3.8) is 0 Å². The van der Waals surface area contributed by atoms with Crippen molar-refractivity contribution >= 4 is 17.5 Å². The molecule has 0 N–H and O–H groups in total. The summed E-state index contributed by atoms with van der Waals surface area (Å²) in [6.45, 7) is 1.25. The molecule has 0 spiro atoms. The van der Waals surface area contributed by atoms with Gasteiger partial charge in [0.2, 0.25) is 0 Å². The maximum atomic E-state index is 13.9. The largest absolute Gasteiger partial charge is 0.494 e. The minimum absolute atomic E-state index is 0.0286. The molecule has 1 aliphatic rings. The third-order valence-corrected chi connectivity index (χ3v) is 6.00. The number of ether oxygens (including phenoxy) is 2. The van der Waals surface area contributed by atoms with Gasteiger partial charge < -0.3 is 9.47 Å². The highest BCUT2D eigenvalue weighted by Crippen LogP contribution is 2.27. The Morgan fingerprint density at radius 2 is 2.03 bits per heavy atom. The molecule has 1 fully saturated rings. The predicted octanol–water partition coefficient (Wildman–Crippen LogP) is 4.39. The SMILES string of the molecule is COc1ccc(C(=O)CSc2nnc(-c3ccc(F)cc3)n2CC2CCCO2)cc1F. The first-order chi connectivity index (χ1) is 15.0. The number of aromatic nitrogens is 3. The van der Waals surface area contributed by atoms with Crippen LogP contribution >= 0.6 is 11.8 Å². The fourth-order valence-electron chi connectivity index (χ4n) is 3.42. The van der Waals surface area contributed by atoms with Crippen molar-refractivity contribution in [2.75, 3.05) is 19.5 Å². The maximum Gasteiger partial charge on any atom is 0.192 e. The van der Waals surface area contributed by atoms with Crippen molar-refractivity contribution in [3.8, 4) is 17.1 Å². The molecule has 31 heavy (non-hydrogen) atoms. The first-order valence-corrected chi connectivity index (χ1v) is 10.8. The zero-order valence-electron chi connectivity index (χ0n) is 16.9. The number of thioether (sulfide) groups is 1. The zero-order chi connectivity index (χ0) is 21.8. The molecule has 1 saturated heterocycles. The quantitative estimate of drug-likeness (QED) is 0.379. The molecular formula is C22H21F2N3O3S. The number of hydrogen-bond acceptors (Lipinski definition) is 6. The first kappa shape index (κ1) is 21.5. The Balaban J connectivity index is 1.55. The number of benzene rings is 2. The average Bonchev–Trinajstić information content (AvgIpc) is 3.43. The summed E-state index contributed by atoms with van der Waals surface area (Å²) in [4.78, 5) is 12.6. The van der Waals surface area contributed by atoms with E-state index in [9.17, 15) is 13.6 Å². The number of nitrogens with zero attached hydrogens (tertiary/aromatic N) is 3. The van der Waals surface area contributed by atoms with Crippen LogP contribution in [0.25, 0.3) is 11.4 Å². The Morgan fingerprint density at radius 3 is 2.71 bits per heavy atom. The van der Waals surface area contributed by atoms with Gasteiger partial charge in [0.05, 0.1) is 25.5 Å². The molecule has 0 amide bonds. The maximum absolute atomic E-state index is 13.9. The van der Waals surface area contributed by atoms with Crippen LogP contribution in [-0.4, -0.2) is 46.1 Å². The zero-order valence-corrected chi connectivity index (χ0v) is 17.7. The lowest BCUT2D eigenvalue weighted by Gasteiger charge is -2.14. The Kier molecular flexibility index (Phi) is 6.62. The fourth-order valence-corrected chi connectivity index (χ4v) is 4.26. The van der Waals surface area contributed by atoms with Crippen LogP contribution in [0, 0.1) is 11.6 Å². The van der Waals surface area contributed by atoms with Crippen LogP contribution in [0.2, 0.25) is 0 Å². The van der Waals surface area contributed by atoms with Crippen LogP contribution in [0.15, 0.2) is 47.6 Å². The lowest BCUT2D eigenvalue weighted by molar-refractivity contribution is 0.0953. The Labute approximate surface area is 182 Å². The summed E-state index contributed by atoms with van der Waals surface area (Å²) < 4.78 is 39.8. The van der Waals surface area contributed by atoms with E-state index >= 15 is 0 Å². The van der Waals surface area contributed by atoms with Crippen LogP contribution in [0.3, 0.4) is 0 Å². The summed E-state index contributed by atoms with van der Waals surface area (Å²) >= 11 is 1.22. The second-order valence-corrected chi connectivity index (χ2v) is 8.06. The van der Waals surface area contributed by atoms with Crippen molar-refractivity contribution < 1.29 is 23.0 Å². The van der Waals surface area contributed by atoms with E-state index in [0.29, 0.717) is 24.1 Å². The van der Waals surface area contributed by atoms with Crippen LogP contribution in [0.5, 0.6) is 5.75 Å². The molecule has 0 saturated carbocycles. The van der Waals surface area contributed by atoms with E-state index in [0.717, 1.165) is 18.4 Å². The number of carbonyl (C=O) groups excluding carboxylic acids is 1. The summed E-state index contributed by atoms with van der Waals surface area (Å²) in [6, 6.07) is 10.2. The summed E-state index contributed by atoms with van der Waals surface area (Å²) in [6.07, 6.45) is 1.94. The molecule has 1 atom stereocenters. The highest BCUT2D eigenvalue weighted by Gasteiger charge is 2.22. The van der Waals surface area contributed by atoms with Gasteiger partial charge in [0.1, 0.15) is 5.82 Å². The molecule has 1 aliphatic heterocycles. The van der Waals surface area contributed by atoms with Gasteiger partial charge in [-0.3, -0.25) is 9.36 Å². The molecule has 9 heteroatoms. The molecule has 3 aromatic rings. The number of ketones is 1. The molecule has 6 nitrogen and oxygen atoms in total. The number of halogens is 2. The van der Waals surface area contributed by atoms with E-state index in [-0.39, 0.29) is 34.8 Å². The predicted molar refractivity (Wildman–Crippen MR) is 112 cm³/mol. The molecule has 162 valence electrons. The van der Waals surface area contributed by atoms with Gasteiger partial charge in [0.15, 0.2) is 28.3 Å². The van der Waals surface area contributed by atoms with Gasteiger partial charge in [0, 0.05) is 17.7 Å². The van der Waals surface area contributed by atoms with Gasteiger partial charge in [0.25, 0.3) is 0 Å². The minimum atomic E-state index is -0.585. The van der Waals surface area contributed by atoms with E-state index < -0.39 is 5.82 Å². The number of methoxy groups -OCH3 is 1. The Bertz CT molecular complexity index is 1070. The van der Waals surface area contributed by atoms with E-state index in [1.807, 2.05) is 4.57 Å². The lowest BCUT2D eigenvalue weighted by Crippen LogP contribution is -2.17. The van der Waals surface area contributed by atoms with Gasteiger partial charge in [-0.15, -0.1) is 10.2 Å².